The van der Waals surface area contributed by atoms with Crippen LogP contribution in [0.4, 0.5) is 0 Å². The van der Waals surface area contributed by atoms with Crippen molar-refractivity contribution in [1.29, 1.82) is 0 Å². The van der Waals surface area contributed by atoms with Gasteiger partial charge in [-0.15, -0.1) is 0 Å². The van der Waals surface area contributed by atoms with Crippen molar-refractivity contribution in [2.75, 3.05) is 6.61 Å². The van der Waals surface area contributed by atoms with Crippen LogP contribution in [0.5, 0.6) is 0 Å². The molecule has 0 heterocycles. The van der Waals surface area contributed by atoms with Gasteiger partial charge in [-0.25, -0.2) is 9.59 Å². The van der Waals surface area contributed by atoms with Crippen LogP contribution in [0, 0.1) is 0 Å². The fraction of sp³-hybridized carbons (Fsp3) is 0.222. The molecule has 76 valence electrons. The van der Waals surface area contributed by atoms with E-state index in [0.717, 1.165) is 12.2 Å². The zero-order chi connectivity index (χ0) is 11.0. The Morgan fingerprint density at radius 1 is 1.29 bits per heavy atom. The fourth-order valence-electron chi connectivity index (χ4n) is 0.542. The maximum absolute atomic E-state index is 10.7. The minimum Gasteiger partial charge on any atom is -0.478 e. The molecular formula is C9H10O5. The molecule has 0 amide bonds. The summed E-state index contributed by atoms with van der Waals surface area (Å²) in [6.07, 6.45) is 2.62. The summed E-state index contributed by atoms with van der Waals surface area (Å²) < 4.78 is 4.51. The Morgan fingerprint density at radius 2 is 1.93 bits per heavy atom. The largest absolute Gasteiger partial charge is 0.478 e. The number of carbonyl (C=O) groups excluding carboxylic acids is 2. The Morgan fingerprint density at radius 3 is 2.43 bits per heavy atom. The van der Waals surface area contributed by atoms with Crippen molar-refractivity contribution in [2.45, 2.75) is 6.42 Å². The molecule has 5 heteroatoms. The van der Waals surface area contributed by atoms with Crippen LogP contribution in [-0.4, -0.2) is 29.4 Å². The molecule has 0 atom stereocenters. The van der Waals surface area contributed by atoms with Gasteiger partial charge in [0.1, 0.15) is 0 Å². The zero-order valence-electron chi connectivity index (χ0n) is 7.43. The smallest absolute Gasteiger partial charge is 0.331 e. The van der Waals surface area contributed by atoms with Crippen LogP contribution in [-0.2, 0) is 19.1 Å². The lowest BCUT2D eigenvalue weighted by molar-refractivity contribution is -0.139. The number of allylic oxidation sites excluding steroid dienone is 1. The lowest BCUT2D eigenvalue weighted by atomic mass is 10.3. The number of ketones is 1. The van der Waals surface area contributed by atoms with E-state index < -0.39 is 11.9 Å². The van der Waals surface area contributed by atoms with Crippen LogP contribution >= 0.6 is 0 Å². The van der Waals surface area contributed by atoms with Crippen LogP contribution in [0.3, 0.4) is 0 Å². The molecule has 0 aliphatic carbocycles. The molecule has 0 rings (SSSR count). The Balaban J connectivity index is 3.70. The highest BCUT2D eigenvalue weighted by Crippen LogP contribution is 1.88. The Bertz CT molecular complexity index is 277. The molecule has 0 aromatic heterocycles. The molecule has 0 radical (unpaired) electrons. The van der Waals surface area contributed by atoms with Crippen molar-refractivity contribution in [1.82, 2.24) is 0 Å². The monoisotopic (exact) mass is 198 g/mol. The van der Waals surface area contributed by atoms with Gasteiger partial charge in [0.2, 0.25) is 0 Å². The van der Waals surface area contributed by atoms with Gasteiger partial charge in [0, 0.05) is 18.6 Å². The average molecular weight is 198 g/mol. The van der Waals surface area contributed by atoms with Crippen molar-refractivity contribution in [2.24, 2.45) is 0 Å². The van der Waals surface area contributed by atoms with Crippen molar-refractivity contribution in [3.63, 3.8) is 0 Å². The number of aliphatic carboxylic acids is 1. The molecule has 0 aromatic rings. The van der Waals surface area contributed by atoms with Gasteiger partial charge in [-0.1, -0.05) is 6.58 Å². The van der Waals surface area contributed by atoms with E-state index in [0.29, 0.717) is 6.08 Å². The van der Waals surface area contributed by atoms with Crippen molar-refractivity contribution in [3.05, 3.63) is 24.8 Å². The summed E-state index contributed by atoms with van der Waals surface area (Å²) in [4.78, 5) is 31.3. The molecule has 1 N–H and O–H groups in total. The molecule has 0 spiro atoms. The minimum absolute atomic E-state index is 0.0517. The number of rotatable bonds is 6. The lowest BCUT2D eigenvalue weighted by Crippen LogP contribution is -2.06. The minimum atomic E-state index is -1.23. The maximum atomic E-state index is 10.7. The highest BCUT2D eigenvalue weighted by molar-refractivity contribution is 5.91. The quantitative estimate of drug-likeness (QED) is 0.491. The Kier molecular flexibility index (Phi) is 5.69. The van der Waals surface area contributed by atoms with E-state index in [4.69, 9.17) is 5.11 Å². The van der Waals surface area contributed by atoms with E-state index in [1.165, 1.54) is 0 Å². The molecule has 0 aliphatic heterocycles. The first kappa shape index (κ1) is 12.1. The summed E-state index contributed by atoms with van der Waals surface area (Å²) in [7, 11) is 0. The summed E-state index contributed by atoms with van der Waals surface area (Å²) >= 11 is 0. The van der Waals surface area contributed by atoms with Gasteiger partial charge < -0.3 is 9.84 Å². The molecular weight excluding hydrogens is 188 g/mol. The number of hydrogen-bond donors (Lipinski definition) is 1. The van der Waals surface area contributed by atoms with Gasteiger partial charge in [0.05, 0.1) is 6.61 Å². The molecule has 0 aromatic carbocycles. The van der Waals surface area contributed by atoms with Crippen molar-refractivity contribution < 1.29 is 24.2 Å². The highest BCUT2D eigenvalue weighted by Gasteiger charge is 2.00. The molecule has 0 unspecified atom stereocenters. The van der Waals surface area contributed by atoms with Crippen LogP contribution in [0.15, 0.2) is 24.8 Å². The Hall–Kier alpha value is -1.91. The predicted molar refractivity (Wildman–Crippen MR) is 47.6 cm³/mol. The van der Waals surface area contributed by atoms with Crippen molar-refractivity contribution >= 4 is 17.7 Å². The SMILES string of the molecule is C=CC(=O)CCOC(=O)C=CC(=O)O. The highest BCUT2D eigenvalue weighted by atomic mass is 16.5. The molecule has 0 bridgehead atoms. The topological polar surface area (TPSA) is 80.7 Å². The zero-order valence-corrected chi connectivity index (χ0v) is 7.43. The van der Waals surface area contributed by atoms with Crippen molar-refractivity contribution in [3.8, 4) is 0 Å². The number of hydrogen-bond acceptors (Lipinski definition) is 4. The van der Waals surface area contributed by atoms with Gasteiger partial charge in [-0.2, -0.15) is 0 Å². The normalized spacial score (nSPS) is 9.71. The molecule has 14 heavy (non-hydrogen) atoms. The third-order valence-electron chi connectivity index (χ3n) is 1.18. The molecule has 5 nitrogen and oxygen atoms in total. The summed E-state index contributed by atoms with van der Waals surface area (Å²) in [5.41, 5.74) is 0. The van der Waals surface area contributed by atoms with E-state index in [1.54, 1.807) is 0 Å². The second-order valence-electron chi connectivity index (χ2n) is 2.26. The lowest BCUT2D eigenvalue weighted by Gasteiger charge is -1.98. The van der Waals surface area contributed by atoms with Crippen LogP contribution < -0.4 is 0 Å². The first-order valence-corrected chi connectivity index (χ1v) is 3.79. The van der Waals surface area contributed by atoms with Gasteiger partial charge >= 0.3 is 11.9 Å². The maximum Gasteiger partial charge on any atom is 0.331 e. The van der Waals surface area contributed by atoms with Crippen LogP contribution in [0.1, 0.15) is 6.42 Å². The molecule has 0 aliphatic rings. The molecule has 0 saturated carbocycles. The van der Waals surface area contributed by atoms with E-state index in [2.05, 4.69) is 11.3 Å². The molecule has 0 saturated heterocycles. The third kappa shape index (κ3) is 6.78. The summed E-state index contributed by atoms with van der Waals surface area (Å²) in [5, 5.41) is 8.15. The van der Waals surface area contributed by atoms with E-state index >= 15 is 0 Å². The third-order valence-corrected chi connectivity index (χ3v) is 1.18. The Labute approximate surface area is 80.7 Å². The van der Waals surface area contributed by atoms with Crippen LogP contribution in [0.2, 0.25) is 0 Å². The average Bonchev–Trinajstić information content (AvgIpc) is 2.14. The number of carbonyl (C=O) groups is 3. The number of carboxylic acid groups (broad SMARTS) is 1. The van der Waals surface area contributed by atoms with E-state index in [1.807, 2.05) is 0 Å². The summed E-state index contributed by atoms with van der Waals surface area (Å²) in [6, 6.07) is 0. The van der Waals surface area contributed by atoms with E-state index in [9.17, 15) is 14.4 Å². The standard InChI is InChI=1S/C9H10O5/c1-2-7(10)5-6-14-9(13)4-3-8(11)12/h2-4H,1,5-6H2,(H,11,12). The van der Waals surface area contributed by atoms with Gasteiger partial charge in [0.15, 0.2) is 5.78 Å². The second kappa shape index (κ2) is 6.59. The number of esters is 1. The van der Waals surface area contributed by atoms with Gasteiger partial charge in [0.25, 0.3) is 0 Å². The summed E-state index contributed by atoms with van der Waals surface area (Å²) in [6.45, 7) is 3.16. The first-order chi connectivity index (χ1) is 6.56. The van der Waals surface area contributed by atoms with Crippen LogP contribution in [0.25, 0.3) is 0 Å². The second-order valence-corrected chi connectivity index (χ2v) is 2.26. The summed E-state index contributed by atoms with van der Waals surface area (Å²) in [5.74, 6) is -2.26. The van der Waals surface area contributed by atoms with Gasteiger partial charge in [-0.3, -0.25) is 4.79 Å². The fourth-order valence-corrected chi connectivity index (χ4v) is 0.542. The number of carboxylic acids is 1. The van der Waals surface area contributed by atoms with Gasteiger partial charge in [-0.05, 0) is 6.08 Å². The number of ether oxygens (including phenoxy) is 1. The predicted octanol–water partition coefficient (Wildman–Crippen LogP) is 0.316. The molecule has 0 fully saturated rings. The first-order valence-electron chi connectivity index (χ1n) is 3.79. The van der Waals surface area contributed by atoms with E-state index in [-0.39, 0.29) is 18.8 Å².